The second kappa shape index (κ2) is 9.46. The Balaban J connectivity index is 1.93. The molecule has 0 atom stereocenters. The van der Waals surface area contributed by atoms with Crippen molar-refractivity contribution in [1.29, 1.82) is 0 Å². The molecule has 0 aliphatic carbocycles. The van der Waals surface area contributed by atoms with Crippen molar-refractivity contribution < 1.29 is 32.2 Å². The van der Waals surface area contributed by atoms with Crippen molar-refractivity contribution in [3.63, 3.8) is 0 Å². The standard InChI is InChI=1S/C22H18ClF4NO3S/c1-11-12(2)18(7-4-13(11)5-8-19(29)30)31-10-15-20(28-32-21(15)22(25,26)27)14-3-6-16(23)17(24)9-14/h3-4,6-7,9H,5,8,10H2,1-2H3,(H,29,30). The fraction of sp³-hybridized carbons (Fsp3) is 0.273. The van der Waals surface area contributed by atoms with Crippen LogP contribution in [0, 0.1) is 19.7 Å². The first-order chi connectivity index (χ1) is 15.0. The van der Waals surface area contributed by atoms with Crippen LogP contribution >= 0.6 is 23.1 Å². The number of hydrogen-bond acceptors (Lipinski definition) is 4. The molecule has 1 N–H and O–H groups in total. The van der Waals surface area contributed by atoms with Crippen LogP contribution in [0.4, 0.5) is 17.6 Å². The van der Waals surface area contributed by atoms with E-state index in [1.165, 1.54) is 12.1 Å². The van der Waals surface area contributed by atoms with Gasteiger partial charge in [0.15, 0.2) is 0 Å². The maximum absolute atomic E-state index is 13.9. The maximum atomic E-state index is 13.9. The van der Waals surface area contributed by atoms with Crippen LogP contribution in [0.2, 0.25) is 5.02 Å². The Kier molecular flexibility index (Phi) is 7.09. The van der Waals surface area contributed by atoms with Gasteiger partial charge in [-0.3, -0.25) is 4.79 Å². The van der Waals surface area contributed by atoms with Crippen molar-refractivity contribution in [3.05, 3.63) is 68.3 Å². The zero-order chi connectivity index (χ0) is 23.6. The number of carboxylic acid groups (broad SMARTS) is 1. The highest BCUT2D eigenvalue weighted by molar-refractivity contribution is 7.06. The van der Waals surface area contributed by atoms with Crippen molar-refractivity contribution in [2.75, 3.05) is 0 Å². The van der Waals surface area contributed by atoms with Crippen LogP contribution in [-0.4, -0.2) is 15.4 Å². The van der Waals surface area contributed by atoms with E-state index in [4.69, 9.17) is 21.4 Å². The number of rotatable bonds is 7. The Labute approximate surface area is 190 Å². The lowest BCUT2D eigenvalue weighted by Gasteiger charge is -2.15. The van der Waals surface area contributed by atoms with Gasteiger partial charge in [-0.15, -0.1) is 0 Å². The van der Waals surface area contributed by atoms with Crippen LogP contribution in [0.15, 0.2) is 30.3 Å². The van der Waals surface area contributed by atoms with Gasteiger partial charge in [0.25, 0.3) is 0 Å². The highest BCUT2D eigenvalue weighted by Crippen LogP contribution is 2.41. The van der Waals surface area contributed by atoms with Crippen LogP contribution in [-0.2, 0) is 24.0 Å². The number of aromatic nitrogens is 1. The fourth-order valence-corrected chi connectivity index (χ4v) is 4.09. The summed E-state index contributed by atoms with van der Waals surface area (Å²) < 4.78 is 64.2. The molecule has 0 aliphatic heterocycles. The average Bonchev–Trinajstić information content (AvgIpc) is 3.14. The zero-order valence-electron chi connectivity index (χ0n) is 17.0. The first kappa shape index (κ1) is 24.0. The Hall–Kier alpha value is -2.65. The number of halogens is 5. The Morgan fingerprint density at radius 2 is 1.91 bits per heavy atom. The molecule has 1 heterocycles. The van der Waals surface area contributed by atoms with E-state index in [-0.39, 0.29) is 39.8 Å². The van der Waals surface area contributed by atoms with Gasteiger partial charge < -0.3 is 9.84 Å². The van der Waals surface area contributed by atoms with Gasteiger partial charge in [0.1, 0.15) is 23.1 Å². The third-order valence-corrected chi connectivity index (χ3v) is 6.31. The first-order valence-electron chi connectivity index (χ1n) is 9.44. The number of ether oxygens (including phenoxy) is 1. The largest absolute Gasteiger partial charge is 0.488 e. The van der Waals surface area contributed by atoms with Crippen LogP contribution in [0.1, 0.15) is 33.6 Å². The van der Waals surface area contributed by atoms with E-state index in [0.717, 1.165) is 17.2 Å². The molecule has 0 spiro atoms. The van der Waals surface area contributed by atoms with E-state index in [1.54, 1.807) is 26.0 Å². The summed E-state index contributed by atoms with van der Waals surface area (Å²) in [4.78, 5) is 9.90. The monoisotopic (exact) mass is 487 g/mol. The number of nitrogens with zero attached hydrogens (tertiary/aromatic N) is 1. The van der Waals surface area contributed by atoms with Crippen molar-refractivity contribution in [2.45, 2.75) is 39.5 Å². The summed E-state index contributed by atoms with van der Waals surface area (Å²) in [6.07, 6.45) is -4.34. The molecule has 0 unspecified atom stereocenters. The molecule has 10 heteroatoms. The quantitative estimate of drug-likeness (QED) is 0.371. The summed E-state index contributed by atoms with van der Waals surface area (Å²) in [5.41, 5.74) is 2.27. The lowest BCUT2D eigenvalue weighted by Crippen LogP contribution is -2.09. The molecule has 0 bridgehead atoms. The molecule has 3 rings (SSSR count). The summed E-state index contributed by atoms with van der Waals surface area (Å²) in [7, 11) is 0. The third-order valence-electron chi connectivity index (χ3n) is 5.07. The fourth-order valence-electron chi connectivity index (χ4n) is 3.21. The molecule has 0 fully saturated rings. The van der Waals surface area contributed by atoms with Gasteiger partial charge in [0, 0.05) is 17.5 Å². The van der Waals surface area contributed by atoms with Gasteiger partial charge in [-0.1, -0.05) is 23.7 Å². The lowest BCUT2D eigenvalue weighted by molar-refractivity contribution is -0.137. The minimum atomic E-state index is -4.65. The van der Waals surface area contributed by atoms with E-state index < -0.39 is 29.4 Å². The molecule has 4 nitrogen and oxygen atoms in total. The normalized spacial score (nSPS) is 11.6. The third kappa shape index (κ3) is 5.21. The predicted molar refractivity (Wildman–Crippen MR) is 114 cm³/mol. The number of carboxylic acids is 1. The topological polar surface area (TPSA) is 59.4 Å². The predicted octanol–water partition coefficient (Wildman–Crippen LogP) is 6.83. The molecule has 0 aliphatic rings. The summed E-state index contributed by atoms with van der Waals surface area (Å²) in [5, 5.41) is 8.72. The Bertz CT molecular complexity index is 1160. The van der Waals surface area contributed by atoms with E-state index in [9.17, 15) is 22.4 Å². The van der Waals surface area contributed by atoms with Gasteiger partial charge in [-0.25, -0.2) is 4.39 Å². The second-order valence-electron chi connectivity index (χ2n) is 7.12. The number of aliphatic carboxylic acids is 1. The summed E-state index contributed by atoms with van der Waals surface area (Å²) in [5.74, 6) is -1.31. The van der Waals surface area contributed by atoms with Gasteiger partial charge in [-0.05, 0) is 66.7 Å². The van der Waals surface area contributed by atoms with Crippen LogP contribution in [0.5, 0.6) is 5.75 Å². The van der Waals surface area contributed by atoms with Crippen molar-refractivity contribution in [3.8, 4) is 17.0 Å². The van der Waals surface area contributed by atoms with E-state index in [1.807, 2.05) is 0 Å². The molecule has 170 valence electrons. The molecule has 0 saturated heterocycles. The SMILES string of the molecule is Cc1c(CCC(=O)O)ccc(OCc2c(-c3ccc(Cl)c(F)c3)nsc2C(F)(F)F)c1C. The first-order valence-corrected chi connectivity index (χ1v) is 10.6. The number of alkyl halides is 3. The van der Waals surface area contributed by atoms with Gasteiger partial charge in [0.05, 0.1) is 10.7 Å². The molecular formula is C22H18ClF4NO3S. The second-order valence-corrected chi connectivity index (χ2v) is 8.30. The molecular weight excluding hydrogens is 470 g/mol. The number of aryl methyl sites for hydroxylation is 1. The molecule has 2 aromatic carbocycles. The van der Waals surface area contributed by atoms with Crippen LogP contribution in [0.25, 0.3) is 11.3 Å². The highest BCUT2D eigenvalue weighted by atomic mass is 35.5. The molecule has 1 aromatic heterocycles. The molecule has 0 saturated carbocycles. The summed E-state index contributed by atoms with van der Waals surface area (Å²) >= 11 is 5.96. The minimum Gasteiger partial charge on any atom is -0.488 e. The number of carbonyl (C=O) groups is 1. The minimum absolute atomic E-state index is 0.0228. The van der Waals surface area contributed by atoms with Gasteiger partial charge >= 0.3 is 12.1 Å². The average molecular weight is 488 g/mol. The zero-order valence-corrected chi connectivity index (χ0v) is 18.6. The van der Waals surface area contributed by atoms with Crippen molar-refractivity contribution in [2.24, 2.45) is 0 Å². The van der Waals surface area contributed by atoms with Crippen LogP contribution in [0.3, 0.4) is 0 Å². The number of hydrogen-bond donors (Lipinski definition) is 1. The van der Waals surface area contributed by atoms with Crippen molar-refractivity contribution in [1.82, 2.24) is 4.37 Å². The van der Waals surface area contributed by atoms with Gasteiger partial charge in [0.2, 0.25) is 0 Å². The van der Waals surface area contributed by atoms with E-state index in [2.05, 4.69) is 4.37 Å². The Morgan fingerprint density at radius 1 is 1.19 bits per heavy atom. The van der Waals surface area contributed by atoms with Crippen LogP contribution < -0.4 is 4.74 Å². The smallest absolute Gasteiger partial charge is 0.427 e. The maximum Gasteiger partial charge on any atom is 0.427 e. The number of benzene rings is 2. The van der Waals surface area contributed by atoms with Crippen molar-refractivity contribution >= 4 is 29.1 Å². The molecule has 0 amide bonds. The van der Waals surface area contributed by atoms with E-state index >= 15 is 0 Å². The molecule has 0 radical (unpaired) electrons. The summed E-state index contributed by atoms with van der Waals surface area (Å²) in [6.45, 7) is 3.12. The molecule has 3 aromatic rings. The lowest BCUT2D eigenvalue weighted by atomic mass is 9.99. The highest BCUT2D eigenvalue weighted by Gasteiger charge is 2.38. The molecule has 32 heavy (non-hydrogen) atoms. The Morgan fingerprint density at radius 3 is 2.53 bits per heavy atom. The van der Waals surface area contributed by atoms with E-state index in [0.29, 0.717) is 17.7 Å². The van der Waals surface area contributed by atoms with Gasteiger partial charge in [-0.2, -0.15) is 17.5 Å². The summed E-state index contributed by atoms with van der Waals surface area (Å²) in [6, 6.07) is 7.00.